The molecule has 1 heterocycles. The van der Waals surface area contributed by atoms with Crippen LogP contribution < -0.4 is 5.32 Å². The van der Waals surface area contributed by atoms with Crippen LogP contribution in [-0.2, 0) is 0 Å². The largest absolute Gasteiger partial charge is 0.394 e. The molecule has 0 radical (unpaired) electrons. The fraction of sp³-hybridized carbons (Fsp3) is 0.444. The zero-order valence-electron chi connectivity index (χ0n) is 7.42. The molecular weight excluding hydrogens is 205 g/mol. The zero-order chi connectivity index (χ0) is 10.2. The van der Waals surface area contributed by atoms with Crippen molar-refractivity contribution in [1.82, 2.24) is 5.32 Å². The van der Waals surface area contributed by atoms with Gasteiger partial charge in [-0.3, -0.25) is 4.79 Å². The maximum absolute atomic E-state index is 13.0. The van der Waals surface area contributed by atoms with Crippen molar-refractivity contribution in [3.8, 4) is 0 Å². The molecule has 1 aliphatic carbocycles. The third-order valence-electron chi connectivity index (χ3n) is 2.36. The quantitative estimate of drug-likeness (QED) is 0.794. The highest BCUT2D eigenvalue weighted by atomic mass is 32.1. The van der Waals surface area contributed by atoms with E-state index in [0.29, 0.717) is 0 Å². The van der Waals surface area contributed by atoms with E-state index in [2.05, 4.69) is 5.32 Å². The normalized spacial score (nSPS) is 17.9. The monoisotopic (exact) mass is 215 g/mol. The van der Waals surface area contributed by atoms with Gasteiger partial charge in [0.1, 0.15) is 10.7 Å². The molecule has 1 aromatic heterocycles. The number of halogens is 1. The molecule has 0 aromatic carbocycles. The highest BCUT2D eigenvalue weighted by Gasteiger charge is 2.43. The van der Waals surface area contributed by atoms with E-state index in [1.165, 1.54) is 11.4 Å². The lowest BCUT2D eigenvalue weighted by atomic mass is 10.3. The van der Waals surface area contributed by atoms with E-state index in [-0.39, 0.29) is 11.5 Å². The van der Waals surface area contributed by atoms with Crippen LogP contribution in [0.1, 0.15) is 22.5 Å². The average Bonchev–Trinajstić information content (AvgIpc) is 2.80. The van der Waals surface area contributed by atoms with Gasteiger partial charge in [0.25, 0.3) is 5.91 Å². The Hall–Kier alpha value is -0.940. The van der Waals surface area contributed by atoms with Crippen LogP contribution in [-0.4, -0.2) is 23.2 Å². The number of aliphatic hydroxyl groups excluding tert-OH is 1. The summed E-state index contributed by atoms with van der Waals surface area (Å²) in [7, 11) is 0. The number of carbonyl (C=O) groups is 1. The maximum atomic E-state index is 13.0. The van der Waals surface area contributed by atoms with Crippen LogP contribution in [0.2, 0.25) is 0 Å². The number of hydrogen-bond acceptors (Lipinski definition) is 3. The number of amides is 1. The van der Waals surface area contributed by atoms with Crippen LogP contribution in [0.3, 0.4) is 0 Å². The van der Waals surface area contributed by atoms with E-state index in [0.717, 1.165) is 24.2 Å². The number of carbonyl (C=O) groups excluding carboxylic acids is 1. The summed E-state index contributed by atoms with van der Waals surface area (Å²) < 4.78 is 13.0. The number of aliphatic hydroxyl groups is 1. The van der Waals surface area contributed by atoms with Crippen LogP contribution in [0.15, 0.2) is 11.4 Å². The van der Waals surface area contributed by atoms with Crippen molar-refractivity contribution >= 4 is 17.2 Å². The van der Waals surface area contributed by atoms with Gasteiger partial charge in [-0.2, -0.15) is 0 Å². The second-order valence-corrected chi connectivity index (χ2v) is 4.41. The van der Waals surface area contributed by atoms with Gasteiger partial charge in [-0.05, 0) is 24.3 Å². The van der Waals surface area contributed by atoms with E-state index in [1.54, 1.807) is 0 Å². The lowest BCUT2D eigenvalue weighted by molar-refractivity contribution is 0.0907. The Morgan fingerprint density at radius 1 is 1.71 bits per heavy atom. The van der Waals surface area contributed by atoms with Crippen molar-refractivity contribution in [1.29, 1.82) is 0 Å². The molecule has 0 atom stereocenters. The molecule has 0 spiro atoms. The molecule has 76 valence electrons. The van der Waals surface area contributed by atoms with Crippen LogP contribution >= 0.6 is 11.3 Å². The molecule has 0 saturated heterocycles. The number of thiophene rings is 1. The Morgan fingerprint density at radius 2 is 2.43 bits per heavy atom. The van der Waals surface area contributed by atoms with Gasteiger partial charge in [0.05, 0.1) is 12.1 Å². The second-order valence-electron chi connectivity index (χ2n) is 3.49. The van der Waals surface area contributed by atoms with E-state index in [1.807, 2.05) is 0 Å². The predicted molar refractivity (Wildman–Crippen MR) is 50.8 cm³/mol. The van der Waals surface area contributed by atoms with E-state index in [9.17, 15) is 9.18 Å². The Bertz CT molecular complexity index is 359. The highest BCUT2D eigenvalue weighted by molar-refractivity contribution is 7.12. The first-order valence-electron chi connectivity index (χ1n) is 4.33. The van der Waals surface area contributed by atoms with Crippen molar-refractivity contribution in [2.75, 3.05) is 6.61 Å². The average molecular weight is 215 g/mol. The second kappa shape index (κ2) is 3.33. The summed E-state index contributed by atoms with van der Waals surface area (Å²) in [6.45, 7) is -0.0776. The van der Waals surface area contributed by atoms with Gasteiger partial charge in [0, 0.05) is 0 Å². The van der Waals surface area contributed by atoms with Gasteiger partial charge in [-0.15, -0.1) is 11.3 Å². The molecule has 1 fully saturated rings. The molecule has 14 heavy (non-hydrogen) atoms. The number of rotatable bonds is 3. The molecule has 3 nitrogen and oxygen atoms in total. The molecule has 0 bridgehead atoms. The van der Waals surface area contributed by atoms with Gasteiger partial charge < -0.3 is 10.4 Å². The molecule has 2 rings (SSSR count). The zero-order valence-corrected chi connectivity index (χ0v) is 8.23. The molecule has 1 amide bonds. The summed E-state index contributed by atoms with van der Waals surface area (Å²) in [6, 6.07) is 1.26. The topological polar surface area (TPSA) is 49.3 Å². The summed E-state index contributed by atoms with van der Waals surface area (Å²) in [5.41, 5.74) is -0.479. The number of hydrogen-bond donors (Lipinski definition) is 2. The van der Waals surface area contributed by atoms with Crippen molar-refractivity contribution in [2.24, 2.45) is 0 Å². The van der Waals surface area contributed by atoms with Crippen molar-refractivity contribution in [2.45, 2.75) is 18.4 Å². The van der Waals surface area contributed by atoms with Crippen LogP contribution in [0, 0.1) is 5.82 Å². The third kappa shape index (κ3) is 1.65. The van der Waals surface area contributed by atoms with Gasteiger partial charge >= 0.3 is 0 Å². The van der Waals surface area contributed by atoms with Crippen molar-refractivity contribution in [3.05, 3.63) is 22.1 Å². The lowest BCUT2D eigenvalue weighted by Gasteiger charge is -2.12. The van der Waals surface area contributed by atoms with Crippen molar-refractivity contribution in [3.63, 3.8) is 0 Å². The van der Waals surface area contributed by atoms with Gasteiger partial charge in [0.2, 0.25) is 0 Å². The summed E-state index contributed by atoms with van der Waals surface area (Å²) in [6.07, 6.45) is 1.53. The third-order valence-corrected chi connectivity index (χ3v) is 3.25. The fourth-order valence-corrected chi connectivity index (χ4v) is 1.89. The Labute approximate surface area is 84.6 Å². The first kappa shape index (κ1) is 9.61. The molecule has 5 heteroatoms. The predicted octanol–water partition coefficient (Wildman–Crippen LogP) is 1.14. The highest BCUT2D eigenvalue weighted by Crippen LogP contribution is 2.35. The summed E-state index contributed by atoms with van der Waals surface area (Å²) in [5.74, 6) is -0.926. The van der Waals surface area contributed by atoms with Crippen molar-refractivity contribution < 1.29 is 14.3 Å². The molecule has 1 aromatic rings. The van der Waals surface area contributed by atoms with Gasteiger partial charge in [-0.25, -0.2) is 4.39 Å². The maximum Gasteiger partial charge on any atom is 0.264 e. The Morgan fingerprint density at radius 3 is 2.86 bits per heavy atom. The first-order chi connectivity index (χ1) is 6.67. The molecule has 1 saturated carbocycles. The van der Waals surface area contributed by atoms with Gasteiger partial charge in [0.15, 0.2) is 0 Å². The molecule has 0 aliphatic heterocycles. The van der Waals surface area contributed by atoms with E-state index in [4.69, 9.17) is 5.11 Å². The molecule has 1 aliphatic rings. The molecular formula is C9H10FNO2S. The Kier molecular flexibility index (Phi) is 2.28. The minimum absolute atomic E-state index is 0.0776. The molecule has 0 unspecified atom stereocenters. The minimum atomic E-state index is -0.499. The SMILES string of the molecule is O=C(NC1(CO)CC1)c1sccc1F. The summed E-state index contributed by atoms with van der Waals surface area (Å²) in [5, 5.41) is 13.1. The summed E-state index contributed by atoms with van der Waals surface area (Å²) >= 11 is 1.07. The first-order valence-corrected chi connectivity index (χ1v) is 5.21. The van der Waals surface area contributed by atoms with Crippen LogP contribution in [0.4, 0.5) is 4.39 Å². The van der Waals surface area contributed by atoms with E-state index < -0.39 is 17.3 Å². The van der Waals surface area contributed by atoms with Crippen LogP contribution in [0.25, 0.3) is 0 Å². The summed E-state index contributed by atoms with van der Waals surface area (Å²) in [4.78, 5) is 11.6. The lowest BCUT2D eigenvalue weighted by Crippen LogP contribution is -2.39. The van der Waals surface area contributed by atoms with Crippen LogP contribution in [0.5, 0.6) is 0 Å². The Balaban J connectivity index is 2.07. The van der Waals surface area contributed by atoms with E-state index >= 15 is 0 Å². The van der Waals surface area contributed by atoms with Gasteiger partial charge in [-0.1, -0.05) is 0 Å². The molecule has 2 N–H and O–H groups in total. The minimum Gasteiger partial charge on any atom is -0.394 e. The number of nitrogens with one attached hydrogen (secondary N) is 1. The smallest absolute Gasteiger partial charge is 0.264 e. The fourth-order valence-electron chi connectivity index (χ4n) is 1.23. The standard InChI is InChI=1S/C9H10FNO2S/c10-6-1-4-14-7(6)8(13)11-9(5-12)2-3-9/h1,4,12H,2-3,5H2,(H,11,13).